The van der Waals surface area contributed by atoms with Gasteiger partial charge in [0.15, 0.2) is 0 Å². The highest BCUT2D eigenvalue weighted by molar-refractivity contribution is 7.21. The fraction of sp³-hybridized carbons (Fsp3) is 0.400. The van der Waals surface area contributed by atoms with Gasteiger partial charge in [0.2, 0.25) is 0 Å². The number of nitrogens with two attached hydrogens (primary N) is 1. The van der Waals surface area contributed by atoms with E-state index in [1.165, 1.54) is 17.4 Å². The number of halogens is 1. The summed E-state index contributed by atoms with van der Waals surface area (Å²) in [4.78, 5) is 14.8. The molecule has 112 valence electrons. The summed E-state index contributed by atoms with van der Waals surface area (Å²) in [6, 6.07) is 4.77. The highest BCUT2D eigenvalue weighted by Gasteiger charge is 2.27. The second-order valence-corrected chi connectivity index (χ2v) is 6.26. The van der Waals surface area contributed by atoms with E-state index in [9.17, 15) is 9.18 Å². The molecule has 0 spiro atoms. The maximum absolute atomic E-state index is 13.9. The number of thiophene rings is 1. The van der Waals surface area contributed by atoms with Crippen LogP contribution in [0.25, 0.3) is 10.1 Å². The molecule has 2 heterocycles. The van der Waals surface area contributed by atoms with Crippen LogP contribution < -0.4 is 5.73 Å². The number of nitrogens with zero attached hydrogens (tertiary/aromatic N) is 1. The van der Waals surface area contributed by atoms with Gasteiger partial charge in [0.1, 0.15) is 10.7 Å². The SMILES string of the molecule is COC1CCCN(C(=O)c2sc3cccc(F)c3c2N)C1. The zero-order chi connectivity index (χ0) is 15.0. The van der Waals surface area contributed by atoms with Crippen LogP contribution in [-0.2, 0) is 4.74 Å². The van der Waals surface area contributed by atoms with Crippen LogP contribution in [0.2, 0.25) is 0 Å². The van der Waals surface area contributed by atoms with Crippen molar-refractivity contribution in [2.75, 3.05) is 25.9 Å². The number of anilines is 1. The van der Waals surface area contributed by atoms with Gasteiger partial charge in [-0.2, -0.15) is 0 Å². The predicted molar refractivity (Wildman–Crippen MR) is 82.1 cm³/mol. The average Bonchev–Trinajstić information content (AvgIpc) is 2.85. The number of carbonyl (C=O) groups excluding carboxylic acids is 1. The summed E-state index contributed by atoms with van der Waals surface area (Å²) < 4.78 is 19.9. The fourth-order valence-corrected chi connectivity index (χ4v) is 3.85. The standard InChI is InChI=1S/C15H17FN2O2S/c1-20-9-4-3-7-18(8-9)15(19)14-13(17)12-10(16)5-2-6-11(12)21-14/h2,5-6,9H,3-4,7-8,17H2,1H3. The molecule has 6 heteroatoms. The number of amides is 1. The van der Waals surface area contributed by atoms with Gasteiger partial charge in [-0.3, -0.25) is 4.79 Å². The van der Waals surface area contributed by atoms with Crippen molar-refractivity contribution in [2.24, 2.45) is 0 Å². The smallest absolute Gasteiger partial charge is 0.266 e. The number of ether oxygens (including phenoxy) is 1. The van der Waals surface area contributed by atoms with E-state index in [0.29, 0.717) is 28.1 Å². The Kier molecular flexibility index (Phi) is 3.82. The van der Waals surface area contributed by atoms with Crippen LogP contribution in [0, 0.1) is 5.82 Å². The molecule has 0 bridgehead atoms. The quantitative estimate of drug-likeness (QED) is 0.928. The van der Waals surface area contributed by atoms with Crippen molar-refractivity contribution < 1.29 is 13.9 Å². The Hall–Kier alpha value is -1.66. The summed E-state index contributed by atoms with van der Waals surface area (Å²) in [5.74, 6) is -0.511. The van der Waals surface area contributed by atoms with Crippen molar-refractivity contribution in [1.29, 1.82) is 0 Å². The van der Waals surface area contributed by atoms with Gasteiger partial charge >= 0.3 is 0 Å². The molecular weight excluding hydrogens is 291 g/mol. The lowest BCUT2D eigenvalue weighted by molar-refractivity contribution is 0.0272. The third-order valence-corrected chi connectivity index (χ3v) is 5.05. The van der Waals surface area contributed by atoms with Crippen molar-refractivity contribution in [2.45, 2.75) is 18.9 Å². The van der Waals surface area contributed by atoms with Gasteiger partial charge < -0.3 is 15.4 Å². The van der Waals surface area contributed by atoms with Crippen molar-refractivity contribution in [1.82, 2.24) is 4.90 Å². The number of hydrogen-bond donors (Lipinski definition) is 1. The minimum atomic E-state index is -0.381. The van der Waals surface area contributed by atoms with Crippen molar-refractivity contribution in [3.8, 4) is 0 Å². The molecule has 0 radical (unpaired) electrons. The highest BCUT2D eigenvalue weighted by Crippen LogP contribution is 2.36. The summed E-state index contributed by atoms with van der Waals surface area (Å²) in [5.41, 5.74) is 6.25. The number of benzene rings is 1. The normalized spacial score (nSPS) is 19.1. The molecule has 0 saturated carbocycles. The summed E-state index contributed by atoms with van der Waals surface area (Å²) in [6.45, 7) is 1.25. The molecule has 1 unspecified atom stereocenters. The van der Waals surface area contributed by atoms with Crippen LogP contribution in [0.3, 0.4) is 0 Å². The first kappa shape index (κ1) is 14.3. The Balaban J connectivity index is 1.95. The first-order chi connectivity index (χ1) is 10.1. The average molecular weight is 308 g/mol. The van der Waals surface area contributed by atoms with Crippen molar-refractivity contribution >= 4 is 33.0 Å². The van der Waals surface area contributed by atoms with E-state index in [4.69, 9.17) is 10.5 Å². The number of hydrogen-bond acceptors (Lipinski definition) is 4. The lowest BCUT2D eigenvalue weighted by Crippen LogP contribution is -2.42. The van der Waals surface area contributed by atoms with Gasteiger partial charge in [-0.1, -0.05) is 6.07 Å². The van der Waals surface area contributed by atoms with Crippen LogP contribution in [0.1, 0.15) is 22.5 Å². The van der Waals surface area contributed by atoms with Gasteiger partial charge in [0.05, 0.1) is 17.2 Å². The molecule has 21 heavy (non-hydrogen) atoms. The summed E-state index contributed by atoms with van der Waals surface area (Å²) in [5, 5.41) is 0.353. The van der Waals surface area contributed by atoms with Crippen LogP contribution in [0.4, 0.5) is 10.1 Å². The van der Waals surface area contributed by atoms with Gasteiger partial charge in [-0.05, 0) is 25.0 Å². The van der Waals surface area contributed by atoms with E-state index in [0.717, 1.165) is 12.8 Å². The zero-order valence-electron chi connectivity index (χ0n) is 11.8. The lowest BCUT2D eigenvalue weighted by atomic mass is 10.1. The maximum Gasteiger partial charge on any atom is 0.266 e. The minimum absolute atomic E-state index is 0.0649. The molecule has 1 aromatic carbocycles. The van der Waals surface area contributed by atoms with Crippen LogP contribution in [0.15, 0.2) is 18.2 Å². The Morgan fingerprint density at radius 1 is 1.52 bits per heavy atom. The highest BCUT2D eigenvalue weighted by atomic mass is 32.1. The Bertz CT molecular complexity index is 686. The number of likely N-dealkylation sites (tertiary alicyclic amines) is 1. The van der Waals surface area contributed by atoms with Crippen LogP contribution >= 0.6 is 11.3 Å². The summed E-state index contributed by atoms with van der Waals surface area (Å²) in [7, 11) is 1.65. The van der Waals surface area contributed by atoms with Gasteiger partial charge in [0.25, 0.3) is 5.91 Å². The Morgan fingerprint density at radius 2 is 2.33 bits per heavy atom. The molecule has 2 aromatic rings. The molecule has 1 aliphatic rings. The number of carbonyl (C=O) groups is 1. The molecule has 1 atom stereocenters. The minimum Gasteiger partial charge on any atom is -0.397 e. The molecule has 2 N–H and O–H groups in total. The molecule has 1 saturated heterocycles. The van der Waals surface area contributed by atoms with E-state index in [1.807, 2.05) is 0 Å². The third-order valence-electron chi connectivity index (χ3n) is 3.89. The van der Waals surface area contributed by atoms with E-state index < -0.39 is 0 Å². The summed E-state index contributed by atoms with van der Waals surface area (Å²) >= 11 is 1.25. The van der Waals surface area contributed by atoms with Crippen molar-refractivity contribution in [3.63, 3.8) is 0 Å². The van der Waals surface area contributed by atoms with Gasteiger partial charge in [-0.15, -0.1) is 11.3 Å². The van der Waals surface area contributed by atoms with E-state index in [1.54, 1.807) is 24.1 Å². The molecule has 1 aliphatic heterocycles. The predicted octanol–water partition coefficient (Wildman–Crippen LogP) is 2.87. The monoisotopic (exact) mass is 308 g/mol. The van der Waals surface area contributed by atoms with Crippen LogP contribution in [0.5, 0.6) is 0 Å². The largest absolute Gasteiger partial charge is 0.397 e. The lowest BCUT2D eigenvalue weighted by Gasteiger charge is -2.31. The fourth-order valence-electron chi connectivity index (χ4n) is 2.75. The summed E-state index contributed by atoms with van der Waals surface area (Å²) in [6.07, 6.45) is 1.93. The van der Waals surface area contributed by atoms with Gasteiger partial charge in [-0.25, -0.2) is 4.39 Å². The molecule has 1 fully saturated rings. The molecule has 3 rings (SSSR count). The second kappa shape index (κ2) is 5.61. The molecular formula is C15H17FN2O2S. The topological polar surface area (TPSA) is 55.6 Å². The molecule has 0 aliphatic carbocycles. The molecule has 1 aromatic heterocycles. The first-order valence-corrected chi connectivity index (χ1v) is 7.72. The van der Waals surface area contributed by atoms with E-state index >= 15 is 0 Å². The number of piperidine rings is 1. The van der Waals surface area contributed by atoms with Crippen molar-refractivity contribution in [3.05, 3.63) is 28.9 Å². The third kappa shape index (κ3) is 2.49. The number of fused-ring (bicyclic) bond motifs is 1. The molecule has 1 amide bonds. The van der Waals surface area contributed by atoms with E-state index in [-0.39, 0.29) is 23.5 Å². The van der Waals surface area contributed by atoms with E-state index in [2.05, 4.69) is 0 Å². The maximum atomic E-state index is 13.9. The Labute approximate surface area is 126 Å². The zero-order valence-corrected chi connectivity index (χ0v) is 12.6. The molecule has 4 nitrogen and oxygen atoms in total. The second-order valence-electron chi connectivity index (χ2n) is 5.21. The van der Waals surface area contributed by atoms with Crippen LogP contribution in [-0.4, -0.2) is 37.1 Å². The number of nitrogen functional groups attached to an aromatic ring is 1. The first-order valence-electron chi connectivity index (χ1n) is 6.90. The number of rotatable bonds is 2. The van der Waals surface area contributed by atoms with Gasteiger partial charge in [0, 0.05) is 24.9 Å². The number of methoxy groups -OCH3 is 1. The Morgan fingerprint density at radius 3 is 3.05 bits per heavy atom.